The Morgan fingerprint density at radius 1 is 0.933 bits per heavy atom. The molecule has 0 aliphatic rings. The molecular weight excluding hydrogens is 188 g/mol. The van der Waals surface area contributed by atoms with Gasteiger partial charge in [-0.25, -0.2) is 0 Å². The largest absolute Gasteiger partial charge is 0.300 e. The SMILES string of the molecule is CCCC(CCC)(CCC(C)=O)C(C)=O. The third kappa shape index (κ3) is 4.59. The zero-order chi connectivity index (χ0) is 11.9. The number of carbonyl (C=O) groups excluding carboxylic acids is 2. The maximum atomic E-state index is 11.7. The van der Waals surface area contributed by atoms with E-state index in [4.69, 9.17) is 0 Å². The van der Waals surface area contributed by atoms with Gasteiger partial charge in [-0.2, -0.15) is 0 Å². The minimum atomic E-state index is -0.227. The first-order chi connectivity index (χ1) is 6.98. The Labute approximate surface area is 93.4 Å². The number of carbonyl (C=O) groups is 2. The van der Waals surface area contributed by atoms with Gasteiger partial charge in [0, 0.05) is 11.8 Å². The quantitative estimate of drug-likeness (QED) is 0.616. The second-order valence-electron chi connectivity index (χ2n) is 4.54. The summed E-state index contributed by atoms with van der Waals surface area (Å²) >= 11 is 0. The molecule has 0 aromatic carbocycles. The molecule has 0 fully saturated rings. The highest BCUT2D eigenvalue weighted by molar-refractivity contribution is 5.83. The van der Waals surface area contributed by atoms with Crippen LogP contribution in [0.1, 0.15) is 66.2 Å². The molecule has 0 atom stereocenters. The predicted molar refractivity (Wildman–Crippen MR) is 62.8 cm³/mol. The summed E-state index contributed by atoms with van der Waals surface area (Å²) in [6.45, 7) is 7.47. The fourth-order valence-corrected chi connectivity index (χ4v) is 2.28. The van der Waals surface area contributed by atoms with Gasteiger partial charge in [0.15, 0.2) is 0 Å². The minimum absolute atomic E-state index is 0.188. The van der Waals surface area contributed by atoms with Crippen LogP contribution in [-0.4, -0.2) is 11.6 Å². The number of ketones is 2. The Balaban J connectivity index is 4.61. The van der Waals surface area contributed by atoms with Gasteiger partial charge in [0.1, 0.15) is 11.6 Å². The average molecular weight is 212 g/mol. The first-order valence-corrected chi connectivity index (χ1v) is 5.99. The summed E-state index contributed by atoms with van der Waals surface area (Å²) in [4.78, 5) is 22.8. The van der Waals surface area contributed by atoms with Crippen LogP contribution in [0.15, 0.2) is 0 Å². The van der Waals surface area contributed by atoms with E-state index in [0.29, 0.717) is 6.42 Å². The summed E-state index contributed by atoms with van der Waals surface area (Å²) in [6.07, 6.45) is 5.14. The molecule has 15 heavy (non-hydrogen) atoms. The standard InChI is InChI=1S/C13H24O2/c1-5-8-13(9-6-2,12(4)15)10-7-11(3)14/h5-10H2,1-4H3. The van der Waals surface area contributed by atoms with E-state index < -0.39 is 0 Å². The van der Waals surface area contributed by atoms with Crippen molar-refractivity contribution < 1.29 is 9.59 Å². The van der Waals surface area contributed by atoms with Gasteiger partial charge in [0.2, 0.25) is 0 Å². The van der Waals surface area contributed by atoms with E-state index in [1.807, 2.05) is 0 Å². The lowest BCUT2D eigenvalue weighted by Gasteiger charge is -2.30. The summed E-state index contributed by atoms with van der Waals surface area (Å²) < 4.78 is 0. The highest BCUT2D eigenvalue weighted by Crippen LogP contribution is 2.36. The van der Waals surface area contributed by atoms with Crippen LogP contribution in [0.25, 0.3) is 0 Å². The van der Waals surface area contributed by atoms with Crippen LogP contribution in [0.3, 0.4) is 0 Å². The zero-order valence-corrected chi connectivity index (χ0v) is 10.6. The van der Waals surface area contributed by atoms with E-state index >= 15 is 0 Å². The molecule has 0 aliphatic heterocycles. The third-order valence-electron chi connectivity index (χ3n) is 3.16. The molecule has 0 bridgehead atoms. The first kappa shape index (κ1) is 14.3. The fraction of sp³-hybridized carbons (Fsp3) is 0.846. The molecule has 0 N–H and O–H groups in total. The molecule has 2 nitrogen and oxygen atoms in total. The lowest BCUT2D eigenvalue weighted by molar-refractivity contribution is -0.128. The Morgan fingerprint density at radius 2 is 1.40 bits per heavy atom. The van der Waals surface area contributed by atoms with Crippen molar-refractivity contribution in [3.8, 4) is 0 Å². The van der Waals surface area contributed by atoms with Crippen LogP contribution in [0, 0.1) is 5.41 Å². The Hall–Kier alpha value is -0.660. The Bertz CT molecular complexity index is 213. The highest BCUT2D eigenvalue weighted by Gasteiger charge is 2.33. The molecule has 88 valence electrons. The fourth-order valence-electron chi connectivity index (χ4n) is 2.28. The minimum Gasteiger partial charge on any atom is -0.300 e. The Morgan fingerprint density at radius 3 is 1.67 bits per heavy atom. The zero-order valence-electron chi connectivity index (χ0n) is 10.6. The molecule has 0 rings (SSSR count). The normalized spacial score (nSPS) is 11.5. The van der Waals surface area contributed by atoms with Crippen molar-refractivity contribution in [1.29, 1.82) is 0 Å². The molecule has 0 spiro atoms. The summed E-state index contributed by atoms with van der Waals surface area (Å²) in [5, 5.41) is 0. The maximum Gasteiger partial charge on any atom is 0.135 e. The van der Waals surface area contributed by atoms with E-state index in [-0.39, 0.29) is 17.0 Å². The number of hydrogen-bond acceptors (Lipinski definition) is 2. The Kier molecular flexibility index (Phi) is 6.46. The number of hydrogen-bond donors (Lipinski definition) is 0. The van der Waals surface area contributed by atoms with Gasteiger partial charge < -0.3 is 4.79 Å². The van der Waals surface area contributed by atoms with Crippen molar-refractivity contribution in [2.75, 3.05) is 0 Å². The highest BCUT2D eigenvalue weighted by atomic mass is 16.1. The van der Waals surface area contributed by atoms with Gasteiger partial charge >= 0.3 is 0 Å². The summed E-state index contributed by atoms with van der Waals surface area (Å²) in [5.41, 5.74) is -0.227. The molecule has 2 heteroatoms. The van der Waals surface area contributed by atoms with Crippen molar-refractivity contribution in [2.24, 2.45) is 5.41 Å². The van der Waals surface area contributed by atoms with Crippen LogP contribution < -0.4 is 0 Å². The van der Waals surface area contributed by atoms with Crippen molar-refractivity contribution in [2.45, 2.75) is 66.2 Å². The van der Waals surface area contributed by atoms with Crippen LogP contribution >= 0.6 is 0 Å². The van der Waals surface area contributed by atoms with Crippen LogP contribution in [0.2, 0.25) is 0 Å². The molecule has 0 aromatic heterocycles. The molecule has 0 aliphatic carbocycles. The number of Topliss-reactive ketones (excluding diaryl/α,β-unsaturated/α-hetero) is 2. The topological polar surface area (TPSA) is 34.1 Å². The van der Waals surface area contributed by atoms with Crippen molar-refractivity contribution >= 4 is 11.6 Å². The van der Waals surface area contributed by atoms with Gasteiger partial charge in [-0.15, -0.1) is 0 Å². The molecule has 0 amide bonds. The summed E-state index contributed by atoms with van der Waals surface area (Å²) in [6, 6.07) is 0. The van der Waals surface area contributed by atoms with Gasteiger partial charge in [0.25, 0.3) is 0 Å². The van der Waals surface area contributed by atoms with Crippen LogP contribution in [0.5, 0.6) is 0 Å². The molecule has 0 saturated carbocycles. The molecule has 0 saturated heterocycles. The molecule has 0 unspecified atom stereocenters. The van der Waals surface area contributed by atoms with E-state index in [1.54, 1.807) is 13.8 Å². The molecule has 0 radical (unpaired) electrons. The van der Waals surface area contributed by atoms with Crippen LogP contribution in [-0.2, 0) is 9.59 Å². The van der Waals surface area contributed by atoms with E-state index in [0.717, 1.165) is 32.1 Å². The second-order valence-corrected chi connectivity index (χ2v) is 4.54. The van der Waals surface area contributed by atoms with Gasteiger partial charge in [0.05, 0.1) is 0 Å². The summed E-state index contributed by atoms with van der Waals surface area (Å²) in [7, 11) is 0. The van der Waals surface area contributed by atoms with Gasteiger partial charge in [-0.3, -0.25) is 4.79 Å². The maximum absolute atomic E-state index is 11.7. The lowest BCUT2D eigenvalue weighted by Crippen LogP contribution is -2.29. The summed E-state index contributed by atoms with van der Waals surface area (Å²) in [5.74, 6) is 0.445. The second kappa shape index (κ2) is 6.76. The van der Waals surface area contributed by atoms with Crippen molar-refractivity contribution in [3.63, 3.8) is 0 Å². The predicted octanol–water partition coefficient (Wildman–Crippen LogP) is 3.53. The monoisotopic (exact) mass is 212 g/mol. The van der Waals surface area contributed by atoms with E-state index in [9.17, 15) is 9.59 Å². The molecule has 0 heterocycles. The van der Waals surface area contributed by atoms with Crippen molar-refractivity contribution in [3.05, 3.63) is 0 Å². The van der Waals surface area contributed by atoms with Gasteiger partial charge in [-0.1, -0.05) is 26.7 Å². The van der Waals surface area contributed by atoms with E-state index in [2.05, 4.69) is 13.8 Å². The van der Waals surface area contributed by atoms with Gasteiger partial charge in [-0.05, 0) is 33.1 Å². The molecule has 0 aromatic rings. The first-order valence-electron chi connectivity index (χ1n) is 5.99. The van der Waals surface area contributed by atoms with Crippen LogP contribution in [0.4, 0.5) is 0 Å². The third-order valence-corrected chi connectivity index (χ3v) is 3.16. The lowest BCUT2D eigenvalue weighted by atomic mass is 9.72. The molecular formula is C13H24O2. The average Bonchev–Trinajstić information content (AvgIpc) is 2.14. The van der Waals surface area contributed by atoms with Crippen molar-refractivity contribution in [1.82, 2.24) is 0 Å². The van der Waals surface area contributed by atoms with E-state index in [1.165, 1.54) is 0 Å². The smallest absolute Gasteiger partial charge is 0.135 e. The number of rotatable bonds is 8.